The molecule has 21 heavy (non-hydrogen) atoms. The maximum atomic E-state index is 13.9. The number of nitrogens with one attached hydrogen (secondary N) is 1. The number of methoxy groups -OCH3 is 1. The number of para-hydroxylation sites is 1. The number of ether oxygens (including phenoxy) is 2. The van der Waals surface area contributed by atoms with Crippen molar-refractivity contribution in [2.45, 2.75) is 20.1 Å². The SMILES string of the molecule is CCNCc1ccccc1OCc1ccc(OC)cc1F. The second-order valence-electron chi connectivity index (χ2n) is 4.63. The molecule has 0 aliphatic carbocycles. The molecule has 0 amide bonds. The summed E-state index contributed by atoms with van der Waals surface area (Å²) in [6, 6.07) is 12.6. The van der Waals surface area contributed by atoms with E-state index in [-0.39, 0.29) is 12.4 Å². The van der Waals surface area contributed by atoms with Crippen molar-refractivity contribution in [3.8, 4) is 11.5 Å². The first kappa shape index (κ1) is 15.3. The summed E-state index contributed by atoms with van der Waals surface area (Å²) in [5.74, 6) is 0.955. The molecular formula is C17H20FNO2. The van der Waals surface area contributed by atoms with Gasteiger partial charge in [0.15, 0.2) is 0 Å². The molecule has 0 unspecified atom stereocenters. The number of hydrogen-bond donors (Lipinski definition) is 1. The highest BCUT2D eigenvalue weighted by molar-refractivity contribution is 5.34. The van der Waals surface area contributed by atoms with Gasteiger partial charge in [-0.15, -0.1) is 0 Å². The van der Waals surface area contributed by atoms with E-state index < -0.39 is 0 Å². The molecule has 0 atom stereocenters. The maximum absolute atomic E-state index is 13.9. The third-order valence-electron chi connectivity index (χ3n) is 3.18. The van der Waals surface area contributed by atoms with Crippen molar-refractivity contribution in [3.05, 3.63) is 59.4 Å². The highest BCUT2D eigenvalue weighted by atomic mass is 19.1. The molecule has 0 heterocycles. The molecule has 4 heteroatoms. The van der Waals surface area contributed by atoms with Gasteiger partial charge in [-0.05, 0) is 24.7 Å². The summed E-state index contributed by atoms with van der Waals surface area (Å²) < 4.78 is 24.6. The first-order valence-electron chi connectivity index (χ1n) is 6.98. The van der Waals surface area contributed by atoms with Crippen LogP contribution in [0.3, 0.4) is 0 Å². The fraction of sp³-hybridized carbons (Fsp3) is 0.294. The van der Waals surface area contributed by atoms with Crippen LogP contribution in [-0.4, -0.2) is 13.7 Å². The lowest BCUT2D eigenvalue weighted by Crippen LogP contribution is -2.13. The van der Waals surface area contributed by atoms with E-state index in [1.807, 2.05) is 24.3 Å². The molecule has 0 aliphatic heterocycles. The van der Waals surface area contributed by atoms with E-state index in [0.717, 1.165) is 24.4 Å². The third kappa shape index (κ3) is 4.20. The molecule has 3 nitrogen and oxygen atoms in total. The van der Waals surface area contributed by atoms with Gasteiger partial charge in [0.1, 0.15) is 23.9 Å². The topological polar surface area (TPSA) is 30.5 Å². The van der Waals surface area contributed by atoms with Crippen molar-refractivity contribution in [1.82, 2.24) is 5.32 Å². The van der Waals surface area contributed by atoms with Gasteiger partial charge in [0.2, 0.25) is 0 Å². The fourth-order valence-corrected chi connectivity index (χ4v) is 1.98. The second kappa shape index (κ2) is 7.64. The standard InChI is InChI=1S/C17H20FNO2/c1-3-19-11-13-6-4-5-7-17(13)21-12-14-8-9-15(20-2)10-16(14)18/h4-10,19H,3,11-12H2,1-2H3. The zero-order valence-corrected chi connectivity index (χ0v) is 12.4. The molecule has 0 saturated carbocycles. The minimum absolute atomic E-state index is 0.193. The Balaban J connectivity index is 2.06. The molecule has 112 valence electrons. The lowest BCUT2D eigenvalue weighted by atomic mass is 10.2. The Morgan fingerprint density at radius 2 is 1.90 bits per heavy atom. The predicted octanol–water partition coefficient (Wildman–Crippen LogP) is 3.52. The third-order valence-corrected chi connectivity index (χ3v) is 3.18. The van der Waals surface area contributed by atoms with Crippen LogP contribution in [0.5, 0.6) is 11.5 Å². The summed E-state index contributed by atoms with van der Waals surface area (Å²) in [6.07, 6.45) is 0. The molecule has 0 aromatic heterocycles. The molecule has 0 radical (unpaired) electrons. The van der Waals surface area contributed by atoms with Gasteiger partial charge in [-0.2, -0.15) is 0 Å². The van der Waals surface area contributed by atoms with Gasteiger partial charge in [0.05, 0.1) is 7.11 Å². The van der Waals surface area contributed by atoms with Gasteiger partial charge < -0.3 is 14.8 Å². The van der Waals surface area contributed by atoms with E-state index in [1.54, 1.807) is 12.1 Å². The van der Waals surface area contributed by atoms with Gasteiger partial charge in [-0.1, -0.05) is 25.1 Å². The first-order valence-corrected chi connectivity index (χ1v) is 6.98. The number of rotatable bonds is 7. The van der Waals surface area contributed by atoms with Crippen molar-refractivity contribution in [2.24, 2.45) is 0 Å². The van der Waals surface area contributed by atoms with Gasteiger partial charge in [0, 0.05) is 23.7 Å². The van der Waals surface area contributed by atoms with Crippen LogP contribution in [-0.2, 0) is 13.2 Å². The van der Waals surface area contributed by atoms with Gasteiger partial charge in [0.25, 0.3) is 0 Å². The van der Waals surface area contributed by atoms with E-state index in [4.69, 9.17) is 9.47 Å². The Morgan fingerprint density at radius 1 is 1.10 bits per heavy atom. The Morgan fingerprint density at radius 3 is 2.62 bits per heavy atom. The molecule has 0 fully saturated rings. The lowest BCUT2D eigenvalue weighted by Gasteiger charge is -2.12. The van der Waals surface area contributed by atoms with Crippen molar-refractivity contribution in [2.75, 3.05) is 13.7 Å². The summed E-state index contributed by atoms with van der Waals surface area (Å²) in [5.41, 5.74) is 1.57. The molecule has 1 N–H and O–H groups in total. The molecule has 0 spiro atoms. The quantitative estimate of drug-likeness (QED) is 0.846. The Bertz CT molecular complexity index is 587. The largest absolute Gasteiger partial charge is 0.497 e. The highest BCUT2D eigenvalue weighted by Crippen LogP contribution is 2.21. The van der Waals surface area contributed by atoms with Crippen LogP contribution >= 0.6 is 0 Å². The molecule has 0 aliphatic rings. The van der Waals surface area contributed by atoms with Crippen LogP contribution in [0.4, 0.5) is 4.39 Å². The van der Waals surface area contributed by atoms with E-state index in [0.29, 0.717) is 11.3 Å². The average molecular weight is 289 g/mol. The molecule has 2 aromatic carbocycles. The van der Waals surface area contributed by atoms with Crippen LogP contribution in [0.2, 0.25) is 0 Å². The zero-order chi connectivity index (χ0) is 15.1. The number of benzene rings is 2. The minimum Gasteiger partial charge on any atom is -0.497 e. The number of hydrogen-bond acceptors (Lipinski definition) is 3. The Labute approximate surface area is 124 Å². The van der Waals surface area contributed by atoms with Crippen molar-refractivity contribution in [1.29, 1.82) is 0 Å². The van der Waals surface area contributed by atoms with E-state index >= 15 is 0 Å². The predicted molar refractivity (Wildman–Crippen MR) is 81.1 cm³/mol. The van der Waals surface area contributed by atoms with Crippen molar-refractivity contribution in [3.63, 3.8) is 0 Å². The monoisotopic (exact) mass is 289 g/mol. The Kier molecular flexibility index (Phi) is 5.58. The Hall–Kier alpha value is -2.07. The minimum atomic E-state index is -0.321. The first-order chi connectivity index (χ1) is 10.2. The fourth-order valence-electron chi connectivity index (χ4n) is 1.98. The zero-order valence-electron chi connectivity index (χ0n) is 12.4. The molecule has 2 rings (SSSR count). The van der Waals surface area contributed by atoms with Crippen LogP contribution in [0.25, 0.3) is 0 Å². The van der Waals surface area contributed by atoms with Gasteiger partial charge in [-0.25, -0.2) is 4.39 Å². The summed E-state index contributed by atoms with van der Waals surface area (Å²) in [6.45, 7) is 3.87. The van der Waals surface area contributed by atoms with E-state index in [2.05, 4.69) is 12.2 Å². The van der Waals surface area contributed by atoms with Crippen molar-refractivity contribution >= 4 is 0 Å². The summed E-state index contributed by atoms with van der Waals surface area (Å²) in [7, 11) is 1.52. The maximum Gasteiger partial charge on any atom is 0.133 e. The second-order valence-corrected chi connectivity index (χ2v) is 4.63. The highest BCUT2D eigenvalue weighted by Gasteiger charge is 2.07. The molecule has 0 bridgehead atoms. The average Bonchev–Trinajstić information content (AvgIpc) is 2.52. The smallest absolute Gasteiger partial charge is 0.133 e. The molecular weight excluding hydrogens is 269 g/mol. The van der Waals surface area contributed by atoms with Crippen molar-refractivity contribution < 1.29 is 13.9 Å². The number of halogens is 1. The van der Waals surface area contributed by atoms with Crippen LogP contribution in [0.1, 0.15) is 18.1 Å². The summed E-state index contributed by atoms with van der Waals surface area (Å²) in [4.78, 5) is 0. The van der Waals surface area contributed by atoms with Gasteiger partial charge >= 0.3 is 0 Å². The van der Waals surface area contributed by atoms with Crippen LogP contribution in [0.15, 0.2) is 42.5 Å². The normalized spacial score (nSPS) is 10.4. The van der Waals surface area contributed by atoms with Gasteiger partial charge in [-0.3, -0.25) is 0 Å². The molecule has 2 aromatic rings. The molecule has 0 saturated heterocycles. The summed E-state index contributed by atoms with van der Waals surface area (Å²) in [5, 5.41) is 3.26. The van der Waals surface area contributed by atoms with Crippen LogP contribution < -0.4 is 14.8 Å². The lowest BCUT2D eigenvalue weighted by molar-refractivity contribution is 0.295. The summed E-state index contributed by atoms with van der Waals surface area (Å²) >= 11 is 0. The van der Waals surface area contributed by atoms with E-state index in [9.17, 15) is 4.39 Å². The van der Waals surface area contributed by atoms with E-state index in [1.165, 1.54) is 13.2 Å². The van der Waals surface area contributed by atoms with Crippen LogP contribution in [0, 0.1) is 5.82 Å².